The van der Waals surface area contributed by atoms with Gasteiger partial charge in [0.1, 0.15) is 6.04 Å². The zero-order valence-electron chi connectivity index (χ0n) is 12.7. The smallest absolute Gasteiger partial charge is 0.253 e. The summed E-state index contributed by atoms with van der Waals surface area (Å²) < 4.78 is 0. The molecule has 0 spiro atoms. The number of hydrogen-bond acceptors (Lipinski definition) is 3. The average molecular weight is 347 g/mol. The van der Waals surface area contributed by atoms with Crippen LogP contribution in [0.1, 0.15) is 31.1 Å². The van der Waals surface area contributed by atoms with Crippen LogP contribution in [0.5, 0.6) is 0 Å². The minimum atomic E-state index is -0.724. The van der Waals surface area contributed by atoms with Crippen LogP contribution in [0.4, 0.5) is 0 Å². The first-order chi connectivity index (χ1) is 10.2. The molecule has 0 unspecified atom stereocenters. The zero-order valence-corrected chi connectivity index (χ0v) is 14.2. The van der Waals surface area contributed by atoms with E-state index in [9.17, 15) is 14.7 Å². The lowest BCUT2D eigenvalue weighted by Crippen LogP contribution is -2.50. The van der Waals surface area contributed by atoms with E-state index in [2.05, 4.69) is 10.6 Å². The van der Waals surface area contributed by atoms with Crippen molar-refractivity contribution in [2.24, 2.45) is 5.92 Å². The third-order valence-electron chi connectivity index (χ3n) is 2.98. The highest BCUT2D eigenvalue weighted by atomic mass is 35.5. The molecule has 0 fully saturated rings. The van der Waals surface area contributed by atoms with Gasteiger partial charge in [0.05, 0.1) is 16.7 Å². The first kappa shape index (κ1) is 18.7. The summed E-state index contributed by atoms with van der Waals surface area (Å²) in [6.07, 6.45) is -0.654. The van der Waals surface area contributed by atoms with Gasteiger partial charge in [-0.3, -0.25) is 9.59 Å². The lowest BCUT2D eigenvalue weighted by atomic mass is 10.0. The van der Waals surface area contributed by atoms with Crippen LogP contribution < -0.4 is 10.6 Å². The van der Waals surface area contributed by atoms with Gasteiger partial charge < -0.3 is 15.7 Å². The number of aliphatic hydroxyl groups excluding tert-OH is 1. The molecule has 0 aliphatic heterocycles. The Morgan fingerprint density at radius 1 is 1.23 bits per heavy atom. The summed E-state index contributed by atoms with van der Waals surface area (Å²) in [5.41, 5.74) is 0.250. The van der Waals surface area contributed by atoms with Crippen LogP contribution >= 0.6 is 23.2 Å². The van der Waals surface area contributed by atoms with Crippen molar-refractivity contribution in [1.82, 2.24) is 10.6 Å². The van der Waals surface area contributed by atoms with Crippen LogP contribution in [0.25, 0.3) is 0 Å². The Kier molecular flexibility index (Phi) is 7.13. The summed E-state index contributed by atoms with van der Waals surface area (Å²) in [6, 6.07) is 3.80. The van der Waals surface area contributed by atoms with E-state index in [1.165, 1.54) is 12.1 Å². The Morgan fingerprint density at radius 3 is 2.36 bits per heavy atom. The Balaban J connectivity index is 2.82. The number of halogens is 2. The van der Waals surface area contributed by atoms with Gasteiger partial charge in [-0.2, -0.15) is 0 Å². The molecule has 0 saturated carbocycles. The number of nitrogens with one attached hydrogen (secondary N) is 2. The maximum atomic E-state index is 12.3. The second-order valence-electron chi connectivity index (χ2n) is 5.41. The minimum Gasteiger partial charge on any atom is -0.392 e. The maximum absolute atomic E-state index is 12.3. The molecule has 2 amide bonds. The lowest BCUT2D eigenvalue weighted by molar-refractivity contribution is -0.124. The molecule has 122 valence electrons. The van der Waals surface area contributed by atoms with E-state index in [1.807, 2.05) is 13.8 Å². The zero-order chi connectivity index (χ0) is 16.9. The van der Waals surface area contributed by atoms with Crippen molar-refractivity contribution in [2.75, 3.05) is 6.54 Å². The van der Waals surface area contributed by atoms with Crippen LogP contribution in [0.15, 0.2) is 18.2 Å². The molecule has 1 aromatic rings. The summed E-state index contributed by atoms with van der Waals surface area (Å²) in [4.78, 5) is 24.4. The van der Waals surface area contributed by atoms with E-state index >= 15 is 0 Å². The number of carbonyl (C=O) groups is 2. The molecule has 0 aliphatic carbocycles. The van der Waals surface area contributed by atoms with Gasteiger partial charge in [0, 0.05) is 11.6 Å². The molecule has 3 N–H and O–H groups in total. The molecule has 1 rings (SSSR count). The number of hydrogen-bond donors (Lipinski definition) is 3. The van der Waals surface area contributed by atoms with Gasteiger partial charge in [0.2, 0.25) is 5.91 Å². The SMILES string of the molecule is CC(C)[C@H](NC(=O)c1ccc(Cl)cc1Cl)C(=O)NC[C@@H](C)O. The molecular formula is C15H20Cl2N2O3. The highest BCUT2D eigenvalue weighted by Gasteiger charge is 2.25. The molecule has 2 atom stereocenters. The molecule has 1 aromatic carbocycles. The molecule has 0 aliphatic rings. The van der Waals surface area contributed by atoms with Crippen LogP contribution in [0.3, 0.4) is 0 Å². The van der Waals surface area contributed by atoms with Crippen molar-refractivity contribution < 1.29 is 14.7 Å². The van der Waals surface area contributed by atoms with Crippen molar-refractivity contribution in [1.29, 1.82) is 0 Å². The van der Waals surface area contributed by atoms with Gasteiger partial charge in [-0.1, -0.05) is 37.0 Å². The van der Waals surface area contributed by atoms with Crippen LogP contribution in [-0.2, 0) is 4.79 Å². The highest BCUT2D eigenvalue weighted by molar-refractivity contribution is 6.36. The molecule has 0 heterocycles. The third-order valence-corrected chi connectivity index (χ3v) is 3.53. The summed E-state index contributed by atoms with van der Waals surface area (Å²) in [5, 5.41) is 15.1. The molecular weight excluding hydrogens is 327 g/mol. The van der Waals surface area contributed by atoms with E-state index in [-0.39, 0.29) is 29.0 Å². The Morgan fingerprint density at radius 2 is 1.86 bits per heavy atom. The number of rotatable bonds is 6. The third kappa shape index (κ3) is 5.48. The molecule has 0 aromatic heterocycles. The van der Waals surface area contributed by atoms with Gasteiger partial charge in [0.25, 0.3) is 5.91 Å². The van der Waals surface area contributed by atoms with Crippen molar-refractivity contribution >= 4 is 35.0 Å². The Bertz CT molecular complexity index is 548. The molecule has 7 heteroatoms. The predicted octanol–water partition coefficient (Wildman–Crippen LogP) is 2.24. The van der Waals surface area contributed by atoms with Crippen molar-refractivity contribution in [3.8, 4) is 0 Å². The highest BCUT2D eigenvalue weighted by Crippen LogP contribution is 2.21. The summed E-state index contributed by atoms with van der Waals surface area (Å²) >= 11 is 11.8. The summed E-state index contributed by atoms with van der Waals surface area (Å²) in [7, 11) is 0. The van der Waals surface area contributed by atoms with E-state index in [4.69, 9.17) is 23.2 Å². The quantitative estimate of drug-likeness (QED) is 0.739. The molecule has 5 nitrogen and oxygen atoms in total. The van der Waals surface area contributed by atoms with E-state index in [0.29, 0.717) is 5.02 Å². The maximum Gasteiger partial charge on any atom is 0.253 e. The Labute approximate surface area is 140 Å². The van der Waals surface area contributed by atoms with Gasteiger partial charge >= 0.3 is 0 Å². The van der Waals surface area contributed by atoms with Crippen molar-refractivity contribution in [3.05, 3.63) is 33.8 Å². The van der Waals surface area contributed by atoms with E-state index < -0.39 is 18.1 Å². The second kappa shape index (κ2) is 8.36. The number of carbonyl (C=O) groups excluding carboxylic acids is 2. The number of aliphatic hydroxyl groups is 1. The summed E-state index contributed by atoms with van der Waals surface area (Å²) in [5.74, 6) is -0.925. The van der Waals surface area contributed by atoms with Crippen LogP contribution in [0.2, 0.25) is 10.0 Å². The molecule has 0 radical (unpaired) electrons. The molecule has 0 saturated heterocycles. The van der Waals surface area contributed by atoms with Gasteiger partial charge in [-0.15, -0.1) is 0 Å². The Hall–Kier alpha value is -1.30. The molecule has 22 heavy (non-hydrogen) atoms. The van der Waals surface area contributed by atoms with Crippen LogP contribution in [-0.4, -0.2) is 35.6 Å². The van der Waals surface area contributed by atoms with E-state index in [0.717, 1.165) is 0 Å². The second-order valence-corrected chi connectivity index (χ2v) is 6.26. The molecule has 0 bridgehead atoms. The van der Waals surface area contributed by atoms with Crippen molar-refractivity contribution in [2.45, 2.75) is 32.9 Å². The minimum absolute atomic E-state index is 0.121. The van der Waals surface area contributed by atoms with Gasteiger partial charge in [-0.05, 0) is 31.0 Å². The van der Waals surface area contributed by atoms with Crippen molar-refractivity contribution in [3.63, 3.8) is 0 Å². The number of benzene rings is 1. The fraction of sp³-hybridized carbons (Fsp3) is 0.467. The number of amides is 2. The largest absolute Gasteiger partial charge is 0.392 e. The predicted molar refractivity (Wildman–Crippen MR) is 87.2 cm³/mol. The first-order valence-electron chi connectivity index (χ1n) is 6.94. The topological polar surface area (TPSA) is 78.4 Å². The standard InChI is InChI=1S/C15H20Cl2N2O3/c1-8(2)13(15(22)18-7-9(3)20)19-14(21)11-5-4-10(16)6-12(11)17/h4-6,8-9,13,20H,7H2,1-3H3,(H,18,22)(H,19,21)/t9-,13+/m1/s1. The first-order valence-corrected chi connectivity index (χ1v) is 7.69. The van der Waals surface area contributed by atoms with Gasteiger partial charge in [-0.25, -0.2) is 0 Å². The summed E-state index contributed by atoms with van der Waals surface area (Å²) in [6.45, 7) is 5.32. The van der Waals surface area contributed by atoms with E-state index in [1.54, 1.807) is 13.0 Å². The fourth-order valence-corrected chi connectivity index (χ4v) is 2.28. The van der Waals surface area contributed by atoms with Crippen LogP contribution in [0, 0.1) is 5.92 Å². The average Bonchev–Trinajstić information content (AvgIpc) is 2.41. The van der Waals surface area contributed by atoms with Gasteiger partial charge in [0.15, 0.2) is 0 Å². The fourth-order valence-electron chi connectivity index (χ4n) is 1.79. The lowest BCUT2D eigenvalue weighted by Gasteiger charge is -2.22. The normalized spacial score (nSPS) is 13.6. The monoisotopic (exact) mass is 346 g/mol.